The molecular formula is C20H25N3O3. The van der Waals surface area contributed by atoms with Crippen molar-refractivity contribution < 1.29 is 14.3 Å². The largest absolute Gasteiger partial charge is 0.385 e. The molecular weight excluding hydrogens is 330 g/mol. The molecule has 0 fully saturated rings. The standard InChI is InChI=1S/C20H25N3O3/c1-23(18-7-4-3-5-8-18)20(25)16-9-11-17(12-10-16)22-19(24)15-21-13-6-14-26-2/h3-5,7-12,21H,6,13-15H2,1-2H3,(H,22,24). The maximum atomic E-state index is 12.5. The Kier molecular flexibility index (Phi) is 7.79. The molecule has 0 aliphatic heterocycles. The number of hydrogen-bond donors (Lipinski definition) is 2. The quantitative estimate of drug-likeness (QED) is 0.678. The number of anilines is 2. The van der Waals surface area contributed by atoms with Gasteiger partial charge in [-0.05, 0) is 49.4 Å². The van der Waals surface area contributed by atoms with Crippen molar-refractivity contribution in [3.05, 3.63) is 60.2 Å². The van der Waals surface area contributed by atoms with Crippen LogP contribution in [0.4, 0.5) is 11.4 Å². The van der Waals surface area contributed by atoms with Crippen LogP contribution in [0.3, 0.4) is 0 Å². The highest BCUT2D eigenvalue weighted by Gasteiger charge is 2.13. The van der Waals surface area contributed by atoms with Crippen LogP contribution in [-0.4, -0.2) is 45.7 Å². The van der Waals surface area contributed by atoms with E-state index >= 15 is 0 Å². The molecule has 0 aliphatic rings. The predicted octanol–water partition coefficient (Wildman–Crippen LogP) is 2.53. The van der Waals surface area contributed by atoms with Crippen molar-refractivity contribution in [3.63, 3.8) is 0 Å². The highest BCUT2D eigenvalue weighted by molar-refractivity contribution is 6.06. The molecule has 0 saturated carbocycles. The maximum absolute atomic E-state index is 12.5. The summed E-state index contributed by atoms with van der Waals surface area (Å²) in [5.74, 6) is -0.225. The summed E-state index contributed by atoms with van der Waals surface area (Å²) in [5.41, 5.74) is 2.05. The van der Waals surface area contributed by atoms with Crippen molar-refractivity contribution in [2.24, 2.45) is 0 Å². The number of rotatable bonds is 9. The SMILES string of the molecule is COCCCNCC(=O)Nc1ccc(C(=O)N(C)c2ccccc2)cc1. The van der Waals surface area contributed by atoms with Crippen LogP contribution in [0.15, 0.2) is 54.6 Å². The van der Waals surface area contributed by atoms with Gasteiger partial charge in [0.25, 0.3) is 5.91 Å². The van der Waals surface area contributed by atoms with E-state index in [-0.39, 0.29) is 18.4 Å². The van der Waals surface area contributed by atoms with Gasteiger partial charge in [-0.2, -0.15) is 0 Å². The van der Waals surface area contributed by atoms with Gasteiger partial charge in [0.2, 0.25) is 5.91 Å². The van der Waals surface area contributed by atoms with Gasteiger partial charge < -0.3 is 20.3 Å². The molecule has 2 amide bonds. The Morgan fingerprint density at radius 1 is 1.04 bits per heavy atom. The molecule has 0 unspecified atom stereocenters. The van der Waals surface area contributed by atoms with Crippen LogP contribution in [0.5, 0.6) is 0 Å². The third-order valence-electron chi connectivity index (χ3n) is 3.85. The summed E-state index contributed by atoms with van der Waals surface area (Å²) in [7, 11) is 3.39. The first-order valence-corrected chi connectivity index (χ1v) is 8.54. The van der Waals surface area contributed by atoms with E-state index in [0.717, 1.165) is 18.7 Å². The zero-order valence-corrected chi connectivity index (χ0v) is 15.2. The molecule has 0 aliphatic carbocycles. The minimum Gasteiger partial charge on any atom is -0.385 e. The molecule has 0 atom stereocenters. The van der Waals surface area contributed by atoms with Gasteiger partial charge in [-0.25, -0.2) is 0 Å². The normalized spacial score (nSPS) is 10.4. The second-order valence-electron chi connectivity index (χ2n) is 5.85. The van der Waals surface area contributed by atoms with Crippen LogP contribution in [0.1, 0.15) is 16.8 Å². The number of carbonyl (C=O) groups is 2. The van der Waals surface area contributed by atoms with Gasteiger partial charge >= 0.3 is 0 Å². The van der Waals surface area contributed by atoms with E-state index in [1.54, 1.807) is 43.3 Å². The average Bonchev–Trinajstić information content (AvgIpc) is 2.68. The van der Waals surface area contributed by atoms with Crippen LogP contribution < -0.4 is 15.5 Å². The summed E-state index contributed by atoms with van der Waals surface area (Å²) in [5, 5.41) is 5.85. The second kappa shape index (κ2) is 10.3. The molecule has 6 heteroatoms. The highest BCUT2D eigenvalue weighted by atomic mass is 16.5. The maximum Gasteiger partial charge on any atom is 0.258 e. The van der Waals surface area contributed by atoms with E-state index in [9.17, 15) is 9.59 Å². The van der Waals surface area contributed by atoms with E-state index in [1.807, 2.05) is 30.3 Å². The molecule has 0 saturated heterocycles. The van der Waals surface area contributed by atoms with Crippen molar-refractivity contribution in [2.75, 3.05) is 44.1 Å². The Morgan fingerprint density at radius 3 is 2.38 bits per heavy atom. The first-order chi connectivity index (χ1) is 12.6. The van der Waals surface area contributed by atoms with Crippen LogP contribution >= 0.6 is 0 Å². The lowest BCUT2D eigenvalue weighted by molar-refractivity contribution is -0.115. The number of methoxy groups -OCH3 is 1. The van der Waals surface area contributed by atoms with E-state index in [2.05, 4.69) is 10.6 Å². The van der Waals surface area contributed by atoms with Gasteiger partial charge in [-0.3, -0.25) is 9.59 Å². The van der Waals surface area contributed by atoms with Crippen molar-refractivity contribution in [1.82, 2.24) is 5.32 Å². The number of para-hydroxylation sites is 1. The summed E-state index contributed by atoms with van der Waals surface area (Å²) < 4.78 is 4.95. The summed E-state index contributed by atoms with van der Waals surface area (Å²) in [4.78, 5) is 26.0. The Bertz CT molecular complexity index is 702. The fourth-order valence-corrected chi connectivity index (χ4v) is 2.41. The van der Waals surface area contributed by atoms with Gasteiger partial charge in [-0.1, -0.05) is 18.2 Å². The molecule has 0 bridgehead atoms. The second-order valence-corrected chi connectivity index (χ2v) is 5.85. The van der Waals surface area contributed by atoms with E-state index in [0.29, 0.717) is 17.9 Å². The van der Waals surface area contributed by atoms with E-state index < -0.39 is 0 Å². The molecule has 2 N–H and O–H groups in total. The Hall–Kier alpha value is -2.70. The zero-order valence-electron chi connectivity index (χ0n) is 15.2. The molecule has 0 aromatic heterocycles. The van der Waals surface area contributed by atoms with Crippen molar-refractivity contribution in [1.29, 1.82) is 0 Å². The molecule has 138 valence electrons. The minimum absolute atomic E-state index is 0.103. The Balaban J connectivity index is 1.85. The van der Waals surface area contributed by atoms with E-state index in [4.69, 9.17) is 4.74 Å². The van der Waals surface area contributed by atoms with Crippen LogP contribution in [0.25, 0.3) is 0 Å². The molecule has 0 radical (unpaired) electrons. The van der Waals surface area contributed by atoms with Gasteiger partial charge in [0.05, 0.1) is 6.54 Å². The number of amides is 2. The minimum atomic E-state index is -0.122. The smallest absolute Gasteiger partial charge is 0.258 e. The fraction of sp³-hybridized carbons (Fsp3) is 0.300. The predicted molar refractivity (Wildman–Crippen MR) is 104 cm³/mol. The highest BCUT2D eigenvalue weighted by Crippen LogP contribution is 2.16. The topological polar surface area (TPSA) is 70.7 Å². The first kappa shape index (κ1) is 19.6. The summed E-state index contributed by atoms with van der Waals surface area (Å²) in [6, 6.07) is 16.3. The number of nitrogens with one attached hydrogen (secondary N) is 2. The lowest BCUT2D eigenvalue weighted by Gasteiger charge is -2.17. The molecule has 2 rings (SSSR count). The summed E-state index contributed by atoms with van der Waals surface area (Å²) >= 11 is 0. The van der Waals surface area contributed by atoms with Crippen molar-refractivity contribution >= 4 is 23.2 Å². The van der Waals surface area contributed by atoms with Gasteiger partial charge in [0, 0.05) is 37.7 Å². The van der Waals surface area contributed by atoms with Crippen molar-refractivity contribution in [3.8, 4) is 0 Å². The number of benzene rings is 2. The summed E-state index contributed by atoms with van der Waals surface area (Å²) in [6.07, 6.45) is 0.857. The number of hydrogen-bond acceptors (Lipinski definition) is 4. The Morgan fingerprint density at radius 2 is 1.73 bits per heavy atom. The molecule has 6 nitrogen and oxygen atoms in total. The molecule has 26 heavy (non-hydrogen) atoms. The van der Waals surface area contributed by atoms with Gasteiger partial charge in [-0.15, -0.1) is 0 Å². The molecule has 2 aromatic rings. The lowest BCUT2D eigenvalue weighted by Crippen LogP contribution is -2.29. The third-order valence-corrected chi connectivity index (χ3v) is 3.85. The van der Waals surface area contributed by atoms with Crippen LogP contribution in [0.2, 0.25) is 0 Å². The fourth-order valence-electron chi connectivity index (χ4n) is 2.41. The number of nitrogens with zero attached hydrogens (tertiary/aromatic N) is 1. The van der Waals surface area contributed by atoms with Gasteiger partial charge in [0.1, 0.15) is 0 Å². The van der Waals surface area contributed by atoms with Crippen LogP contribution in [-0.2, 0) is 9.53 Å². The number of ether oxygens (including phenoxy) is 1. The summed E-state index contributed by atoms with van der Waals surface area (Å²) in [6.45, 7) is 1.63. The third kappa shape index (κ3) is 5.98. The number of carbonyl (C=O) groups excluding carboxylic acids is 2. The average molecular weight is 355 g/mol. The molecule has 0 heterocycles. The lowest BCUT2D eigenvalue weighted by atomic mass is 10.1. The van der Waals surface area contributed by atoms with Crippen molar-refractivity contribution in [2.45, 2.75) is 6.42 Å². The molecule has 2 aromatic carbocycles. The monoisotopic (exact) mass is 355 g/mol. The van der Waals surface area contributed by atoms with Gasteiger partial charge in [0.15, 0.2) is 0 Å². The van der Waals surface area contributed by atoms with E-state index in [1.165, 1.54) is 0 Å². The first-order valence-electron chi connectivity index (χ1n) is 8.54. The molecule has 0 spiro atoms. The Labute approximate surface area is 154 Å². The zero-order chi connectivity index (χ0) is 18.8. The van der Waals surface area contributed by atoms with Crippen LogP contribution in [0, 0.1) is 0 Å².